The van der Waals surface area contributed by atoms with Crippen molar-refractivity contribution in [2.45, 2.75) is 84.5 Å². The molecular weight excluding hydrogens is 360 g/mol. The van der Waals surface area contributed by atoms with Crippen molar-refractivity contribution in [2.75, 3.05) is 13.2 Å². The molecule has 0 aromatic carbocycles. The lowest BCUT2D eigenvalue weighted by atomic mass is 10.1. The minimum Gasteiger partial charge on any atom is -0.463 e. The van der Waals surface area contributed by atoms with Crippen LogP contribution in [0.15, 0.2) is 24.3 Å². The average Bonchev–Trinajstić information content (AvgIpc) is 2.54. The molecule has 0 aromatic rings. The number of allylic oxidation sites excluding steroid dienone is 2. The fraction of sp³-hybridized carbons (Fsp3) is 0.714. The molecule has 5 nitrogen and oxygen atoms in total. The predicted octanol–water partition coefficient (Wildman–Crippen LogP) is 5.18. The Labute approximate surface area is 166 Å². The molecule has 0 aromatic heterocycles. The molecule has 0 spiro atoms. The van der Waals surface area contributed by atoms with Crippen molar-refractivity contribution in [1.82, 2.24) is 0 Å². The SMILES string of the molecule is CCOC(=O)/C=C/CCC(CC/C=C/C(=O)OCC)O[Si](C)(C)C(C)(C)C. The maximum atomic E-state index is 11.4. The largest absolute Gasteiger partial charge is 0.463 e. The zero-order valence-corrected chi connectivity index (χ0v) is 19.2. The van der Waals surface area contributed by atoms with Crippen LogP contribution in [0, 0.1) is 0 Å². The van der Waals surface area contributed by atoms with Gasteiger partial charge in [0.05, 0.1) is 13.2 Å². The van der Waals surface area contributed by atoms with Gasteiger partial charge in [0.25, 0.3) is 0 Å². The van der Waals surface area contributed by atoms with E-state index in [1.807, 2.05) is 12.2 Å². The summed E-state index contributed by atoms with van der Waals surface area (Å²) in [5.74, 6) is -0.617. The van der Waals surface area contributed by atoms with Crippen molar-refractivity contribution >= 4 is 20.3 Å². The van der Waals surface area contributed by atoms with E-state index in [-0.39, 0.29) is 23.1 Å². The van der Waals surface area contributed by atoms with Crippen molar-refractivity contribution in [1.29, 1.82) is 0 Å². The first-order valence-electron chi connectivity index (χ1n) is 9.87. The van der Waals surface area contributed by atoms with Gasteiger partial charge in [-0.2, -0.15) is 0 Å². The molecule has 156 valence electrons. The minimum absolute atomic E-state index is 0.0876. The summed E-state index contributed by atoms with van der Waals surface area (Å²) in [4.78, 5) is 22.8. The highest BCUT2D eigenvalue weighted by atomic mass is 28.4. The van der Waals surface area contributed by atoms with Gasteiger partial charge in [-0.3, -0.25) is 0 Å². The zero-order valence-electron chi connectivity index (χ0n) is 18.2. The van der Waals surface area contributed by atoms with Crippen LogP contribution in [0.2, 0.25) is 18.1 Å². The Hall–Kier alpha value is -1.40. The maximum absolute atomic E-state index is 11.4. The van der Waals surface area contributed by atoms with Crippen LogP contribution in [-0.2, 0) is 23.5 Å². The minimum atomic E-state index is -1.89. The monoisotopic (exact) mass is 398 g/mol. The lowest BCUT2D eigenvalue weighted by Gasteiger charge is -2.39. The second kappa shape index (κ2) is 12.9. The lowest BCUT2D eigenvalue weighted by Crippen LogP contribution is -2.43. The zero-order chi connectivity index (χ0) is 20.9. The van der Waals surface area contributed by atoms with Crippen molar-refractivity contribution < 1.29 is 23.5 Å². The smallest absolute Gasteiger partial charge is 0.330 e. The Balaban J connectivity index is 4.75. The quantitative estimate of drug-likeness (QED) is 0.258. The Morgan fingerprint density at radius 1 is 0.889 bits per heavy atom. The van der Waals surface area contributed by atoms with E-state index in [4.69, 9.17) is 13.9 Å². The standard InChI is InChI=1S/C21H38O5Si/c1-8-24-19(22)16-12-10-14-18(26-27(6,7)21(3,4)5)15-11-13-17-20(23)25-9-2/h12-13,16-18H,8-11,14-15H2,1-7H3/b16-12+,17-13+. The Morgan fingerprint density at radius 3 is 1.63 bits per heavy atom. The fourth-order valence-corrected chi connectivity index (χ4v) is 3.58. The molecular formula is C21H38O5Si. The van der Waals surface area contributed by atoms with Crippen molar-refractivity contribution in [3.05, 3.63) is 24.3 Å². The van der Waals surface area contributed by atoms with Crippen LogP contribution in [0.5, 0.6) is 0 Å². The molecule has 0 bridgehead atoms. The van der Waals surface area contributed by atoms with E-state index in [1.54, 1.807) is 13.8 Å². The van der Waals surface area contributed by atoms with Crippen LogP contribution in [0.4, 0.5) is 0 Å². The summed E-state index contributed by atoms with van der Waals surface area (Å²) in [7, 11) is -1.89. The third-order valence-electron chi connectivity index (χ3n) is 4.66. The second-order valence-electron chi connectivity index (χ2n) is 7.96. The molecule has 6 heteroatoms. The molecule has 0 atom stereocenters. The summed E-state index contributed by atoms with van der Waals surface area (Å²) >= 11 is 0. The third-order valence-corrected chi connectivity index (χ3v) is 9.19. The normalized spacial score (nSPS) is 12.9. The highest BCUT2D eigenvalue weighted by Crippen LogP contribution is 2.38. The van der Waals surface area contributed by atoms with E-state index in [0.717, 1.165) is 25.7 Å². The van der Waals surface area contributed by atoms with Gasteiger partial charge in [0.15, 0.2) is 8.32 Å². The van der Waals surface area contributed by atoms with E-state index >= 15 is 0 Å². The lowest BCUT2D eigenvalue weighted by molar-refractivity contribution is -0.138. The van der Waals surface area contributed by atoms with Gasteiger partial charge in [0.2, 0.25) is 0 Å². The van der Waals surface area contributed by atoms with Gasteiger partial charge >= 0.3 is 11.9 Å². The molecule has 0 N–H and O–H groups in total. The fourth-order valence-electron chi connectivity index (χ4n) is 2.16. The summed E-state index contributed by atoms with van der Waals surface area (Å²) in [5, 5.41) is 0.132. The summed E-state index contributed by atoms with van der Waals surface area (Å²) < 4.78 is 16.3. The Morgan fingerprint density at radius 2 is 1.30 bits per heavy atom. The summed E-state index contributed by atoms with van der Waals surface area (Å²) in [5.41, 5.74) is 0. The Kier molecular flexibility index (Phi) is 12.2. The summed E-state index contributed by atoms with van der Waals surface area (Å²) in [6.45, 7) is 15.5. The molecule has 0 fully saturated rings. The van der Waals surface area contributed by atoms with Gasteiger partial charge in [-0.15, -0.1) is 0 Å². The van der Waals surface area contributed by atoms with Crippen LogP contribution < -0.4 is 0 Å². The number of hydrogen-bond donors (Lipinski definition) is 0. The molecule has 0 aliphatic carbocycles. The van der Waals surface area contributed by atoms with Gasteiger partial charge in [0, 0.05) is 18.3 Å². The molecule has 0 rings (SSSR count). The first kappa shape index (κ1) is 25.6. The maximum Gasteiger partial charge on any atom is 0.330 e. The number of rotatable bonds is 12. The molecule has 0 saturated heterocycles. The van der Waals surface area contributed by atoms with Crippen LogP contribution >= 0.6 is 0 Å². The third kappa shape index (κ3) is 11.8. The molecule has 0 heterocycles. The van der Waals surface area contributed by atoms with Crippen LogP contribution in [-0.4, -0.2) is 39.6 Å². The van der Waals surface area contributed by atoms with Gasteiger partial charge in [-0.25, -0.2) is 9.59 Å². The molecule has 0 aliphatic rings. The highest BCUT2D eigenvalue weighted by molar-refractivity contribution is 6.74. The molecule has 27 heavy (non-hydrogen) atoms. The summed E-state index contributed by atoms with van der Waals surface area (Å²) in [6, 6.07) is 0. The van der Waals surface area contributed by atoms with Gasteiger partial charge in [-0.05, 0) is 57.7 Å². The first-order chi connectivity index (χ1) is 12.5. The average molecular weight is 399 g/mol. The van der Waals surface area contributed by atoms with Crippen LogP contribution in [0.3, 0.4) is 0 Å². The van der Waals surface area contributed by atoms with E-state index in [9.17, 15) is 9.59 Å². The highest BCUT2D eigenvalue weighted by Gasteiger charge is 2.38. The van der Waals surface area contributed by atoms with E-state index in [2.05, 4.69) is 33.9 Å². The molecule has 0 aliphatic heterocycles. The number of carbonyl (C=O) groups is 2. The van der Waals surface area contributed by atoms with Gasteiger partial charge in [-0.1, -0.05) is 32.9 Å². The first-order valence-corrected chi connectivity index (χ1v) is 12.8. The second-order valence-corrected chi connectivity index (χ2v) is 12.7. The molecule has 0 saturated carbocycles. The van der Waals surface area contributed by atoms with Gasteiger partial charge in [0.1, 0.15) is 0 Å². The van der Waals surface area contributed by atoms with Crippen LogP contribution in [0.25, 0.3) is 0 Å². The number of hydrogen-bond acceptors (Lipinski definition) is 5. The van der Waals surface area contributed by atoms with Gasteiger partial charge < -0.3 is 13.9 Å². The van der Waals surface area contributed by atoms with Crippen molar-refractivity contribution in [2.24, 2.45) is 0 Å². The summed E-state index contributed by atoms with van der Waals surface area (Å²) in [6.07, 6.45) is 9.89. The molecule has 0 amide bonds. The van der Waals surface area contributed by atoms with Crippen molar-refractivity contribution in [3.8, 4) is 0 Å². The predicted molar refractivity (Wildman–Crippen MR) is 112 cm³/mol. The van der Waals surface area contributed by atoms with Crippen molar-refractivity contribution in [3.63, 3.8) is 0 Å². The Bertz CT molecular complexity index is 471. The number of esters is 2. The van der Waals surface area contributed by atoms with E-state index in [0.29, 0.717) is 13.2 Å². The molecule has 0 unspecified atom stereocenters. The molecule has 0 radical (unpaired) electrons. The van der Waals surface area contributed by atoms with E-state index < -0.39 is 8.32 Å². The number of carbonyl (C=O) groups excluding carboxylic acids is 2. The number of ether oxygens (including phenoxy) is 2. The topological polar surface area (TPSA) is 61.8 Å². The van der Waals surface area contributed by atoms with Crippen LogP contribution in [0.1, 0.15) is 60.3 Å². The van der Waals surface area contributed by atoms with E-state index in [1.165, 1.54) is 12.2 Å².